The van der Waals surface area contributed by atoms with Gasteiger partial charge >= 0.3 is 0 Å². The SMILES string of the molecule is CCCC(=O)Nc1cc(Cl)cc(Br)c1OC. The van der Waals surface area contributed by atoms with Crippen LogP contribution in [0.4, 0.5) is 5.69 Å². The summed E-state index contributed by atoms with van der Waals surface area (Å²) in [6.45, 7) is 1.95. The third-order valence-electron chi connectivity index (χ3n) is 1.96. The summed E-state index contributed by atoms with van der Waals surface area (Å²) in [7, 11) is 1.55. The Morgan fingerprint density at radius 2 is 2.25 bits per heavy atom. The van der Waals surface area contributed by atoms with E-state index in [0.717, 1.165) is 6.42 Å². The van der Waals surface area contributed by atoms with Crippen LogP contribution in [0.5, 0.6) is 5.75 Å². The molecular weight excluding hydrogens is 293 g/mol. The normalized spacial score (nSPS) is 10.0. The van der Waals surface area contributed by atoms with Crippen LogP contribution >= 0.6 is 27.5 Å². The van der Waals surface area contributed by atoms with E-state index < -0.39 is 0 Å². The van der Waals surface area contributed by atoms with Gasteiger partial charge in [-0.15, -0.1) is 0 Å². The van der Waals surface area contributed by atoms with Gasteiger partial charge in [0.25, 0.3) is 0 Å². The minimum atomic E-state index is -0.0463. The molecule has 0 fully saturated rings. The first kappa shape index (κ1) is 13.3. The largest absolute Gasteiger partial charge is 0.493 e. The first-order valence-corrected chi connectivity index (χ1v) is 6.08. The first-order chi connectivity index (χ1) is 7.58. The average molecular weight is 307 g/mol. The number of hydrogen-bond donors (Lipinski definition) is 1. The predicted molar refractivity (Wildman–Crippen MR) is 69.2 cm³/mol. The fraction of sp³-hybridized carbons (Fsp3) is 0.364. The van der Waals surface area contributed by atoms with E-state index in [1.165, 1.54) is 0 Å². The van der Waals surface area contributed by atoms with Gasteiger partial charge in [-0.25, -0.2) is 0 Å². The van der Waals surface area contributed by atoms with Crippen LogP contribution in [0, 0.1) is 0 Å². The number of methoxy groups -OCH3 is 1. The maximum atomic E-state index is 11.5. The van der Waals surface area contributed by atoms with Crippen molar-refractivity contribution in [3.05, 3.63) is 21.6 Å². The van der Waals surface area contributed by atoms with Crippen LogP contribution in [0.15, 0.2) is 16.6 Å². The van der Waals surface area contributed by atoms with Crippen LogP contribution in [0.2, 0.25) is 5.02 Å². The molecule has 1 rings (SSSR count). The lowest BCUT2D eigenvalue weighted by molar-refractivity contribution is -0.116. The van der Waals surface area contributed by atoms with E-state index in [4.69, 9.17) is 16.3 Å². The van der Waals surface area contributed by atoms with Crippen molar-refractivity contribution in [1.29, 1.82) is 0 Å². The number of anilines is 1. The number of rotatable bonds is 4. The molecule has 0 aliphatic heterocycles. The standard InChI is InChI=1S/C11H13BrClNO2/c1-3-4-10(15)14-9-6-7(13)5-8(12)11(9)16-2/h5-6H,3-4H2,1-2H3,(H,14,15). The molecule has 1 aromatic carbocycles. The molecule has 0 spiro atoms. The Kier molecular flexibility index (Phi) is 5.09. The van der Waals surface area contributed by atoms with Gasteiger partial charge in [0.15, 0.2) is 5.75 Å². The molecule has 3 nitrogen and oxygen atoms in total. The Morgan fingerprint density at radius 1 is 1.56 bits per heavy atom. The minimum absolute atomic E-state index is 0.0463. The van der Waals surface area contributed by atoms with Crippen LogP contribution in [0.1, 0.15) is 19.8 Å². The summed E-state index contributed by atoms with van der Waals surface area (Å²) in [5.74, 6) is 0.531. The quantitative estimate of drug-likeness (QED) is 0.917. The second kappa shape index (κ2) is 6.11. The molecule has 0 aliphatic rings. The van der Waals surface area contributed by atoms with Gasteiger partial charge in [-0.1, -0.05) is 18.5 Å². The third-order valence-corrected chi connectivity index (χ3v) is 2.77. The highest BCUT2D eigenvalue weighted by Gasteiger charge is 2.11. The molecule has 5 heteroatoms. The van der Waals surface area contributed by atoms with Crippen LogP contribution in [0.3, 0.4) is 0 Å². The van der Waals surface area contributed by atoms with Crippen molar-refractivity contribution in [2.75, 3.05) is 12.4 Å². The van der Waals surface area contributed by atoms with Crippen molar-refractivity contribution in [3.8, 4) is 5.75 Å². The van der Waals surface area contributed by atoms with Crippen LogP contribution in [-0.2, 0) is 4.79 Å². The molecule has 0 saturated heterocycles. The van der Waals surface area contributed by atoms with E-state index in [1.54, 1.807) is 19.2 Å². The molecule has 88 valence electrons. The van der Waals surface area contributed by atoms with Crippen LogP contribution in [0.25, 0.3) is 0 Å². The van der Waals surface area contributed by atoms with Crippen molar-refractivity contribution >= 4 is 39.1 Å². The van der Waals surface area contributed by atoms with Gasteiger partial charge in [-0.3, -0.25) is 4.79 Å². The lowest BCUT2D eigenvalue weighted by Gasteiger charge is -2.12. The number of benzene rings is 1. The summed E-state index contributed by atoms with van der Waals surface area (Å²) in [5, 5.41) is 3.31. The number of amides is 1. The lowest BCUT2D eigenvalue weighted by atomic mass is 10.2. The summed E-state index contributed by atoms with van der Waals surface area (Å²) in [6, 6.07) is 3.38. The molecule has 0 aliphatic carbocycles. The number of hydrogen-bond acceptors (Lipinski definition) is 2. The Labute approximate surface area is 108 Å². The van der Waals surface area contributed by atoms with E-state index >= 15 is 0 Å². The lowest BCUT2D eigenvalue weighted by Crippen LogP contribution is -2.11. The number of carbonyl (C=O) groups excluding carboxylic acids is 1. The first-order valence-electron chi connectivity index (χ1n) is 4.91. The Hall–Kier alpha value is -0.740. The molecule has 0 unspecified atom stereocenters. The molecule has 1 aromatic rings. The number of halogens is 2. The number of carbonyl (C=O) groups is 1. The summed E-state index contributed by atoms with van der Waals surface area (Å²) in [5.41, 5.74) is 0.584. The second-order valence-electron chi connectivity index (χ2n) is 3.27. The second-order valence-corrected chi connectivity index (χ2v) is 4.56. The van der Waals surface area contributed by atoms with E-state index in [2.05, 4.69) is 21.2 Å². The van der Waals surface area contributed by atoms with Gasteiger partial charge in [-0.05, 0) is 34.5 Å². The van der Waals surface area contributed by atoms with Crippen LogP contribution < -0.4 is 10.1 Å². The Morgan fingerprint density at radius 3 is 2.81 bits per heavy atom. The smallest absolute Gasteiger partial charge is 0.224 e. The van der Waals surface area contributed by atoms with E-state index in [1.807, 2.05) is 6.92 Å². The zero-order valence-electron chi connectivity index (χ0n) is 9.14. The molecule has 0 saturated carbocycles. The third kappa shape index (κ3) is 3.39. The zero-order valence-corrected chi connectivity index (χ0v) is 11.5. The van der Waals surface area contributed by atoms with E-state index in [-0.39, 0.29) is 5.91 Å². The molecule has 1 amide bonds. The molecular formula is C11H13BrClNO2. The fourth-order valence-corrected chi connectivity index (χ4v) is 2.27. The van der Waals surface area contributed by atoms with E-state index in [0.29, 0.717) is 27.4 Å². The zero-order chi connectivity index (χ0) is 12.1. The van der Waals surface area contributed by atoms with Gasteiger partial charge in [0, 0.05) is 11.4 Å². The summed E-state index contributed by atoms with van der Waals surface area (Å²) >= 11 is 9.23. The molecule has 0 heterocycles. The molecule has 0 bridgehead atoms. The van der Waals surface area contributed by atoms with Gasteiger partial charge in [0.05, 0.1) is 17.3 Å². The molecule has 16 heavy (non-hydrogen) atoms. The highest BCUT2D eigenvalue weighted by atomic mass is 79.9. The van der Waals surface area contributed by atoms with Crippen molar-refractivity contribution in [2.24, 2.45) is 0 Å². The summed E-state index contributed by atoms with van der Waals surface area (Å²) < 4.78 is 5.91. The Balaban J connectivity index is 2.97. The van der Waals surface area contributed by atoms with Crippen molar-refractivity contribution in [3.63, 3.8) is 0 Å². The predicted octanol–water partition coefficient (Wildman–Crippen LogP) is 3.85. The van der Waals surface area contributed by atoms with Crippen LogP contribution in [-0.4, -0.2) is 13.0 Å². The average Bonchev–Trinajstić information content (AvgIpc) is 2.17. The number of nitrogens with one attached hydrogen (secondary N) is 1. The minimum Gasteiger partial charge on any atom is -0.493 e. The topological polar surface area (TPSA) is 38.3 Å². The van der Waals surface area contributed by atoms with Crippen molar-refractivity contribution in [2.45, 2.75) is 19.8 Å². The molecule has 1 N–H and O–H groups in total. The number of ether oxygens (including phenoxy) is 1. The van der Waals surface area contributed by atoms with E-state index in [9.17, 15) is 4.79 Å². The van der Waals surface area contributed by atoms with Gasteiger partial charge in [0.1, 0.15) is 0 Å². The van der Waals surface area contributed by atoms with Gasteiger partial charge < -0.3 is 10.1 Å². The van der Waals surface area contributed by atoms with Crippen molar-refractivity contribution in [1.82, 2.24) is 0 Å². The molecule has 0 atom stereocenters. The maximum absolute atomic E-state index is 11.5. The molecule has 0 radical (unpaired) electrons. The van der Waals surface area contributed by atoms with Gasteiger partial charge in [0.2, 0.25) is 5.91 Å². The monoisotopic (exact) mass is 305 g/mol. The fourth-order valence-electron chi connectivity index (χ4n) is 1.30. The Bertz CT molecular complexity index is 396. The highest BCUT2D eigenvalue weighted by Crippen LogP contribution is 2.36. The highest BCUT2D eigenvalue weighted by molar-refractivity contribution is 9.10. The maximum Gasteiger partial charge on any atom is 0.224 e. The van der Waals surface area contributed by atoms with Crippen molar-refractivity contribution < 1.29 is 9.53 Å². The summed E-state index contributed by atoms with van der Waals surface area (Å²) in [4.78, 5) is 11.5. The summed E-state index contributed by atoms with van der Waals surface area (Å²) in [6.07, 6.45) is 1.28. The van der Waals surface area contributed by atoms with Gasteiger partial charge in [-0.2, -0.15) is 0 Å². The molecule has 0 aromatic heterocycles.